The Hall–Kier alpha value is -3.36. The summed E-state index contributed by atoms with van der Waals surface area (Å²) in [4.78, 5) is 32.8. The van der Waals surface area contributed by atoms with Crippen molar-refractivity contribution in [3.63, 3.8) is 0 Å². The van der Waals surface area contributed by atoms with Crippen molar-refractivity contribution in [2.24, 2.45) is 0 Å². The molecular formula is C23H14BrClN2O5. The number of hydrogen-bond acceptors (Lipinski definition) is 6. The number of pyridine rings is 1. The number of amides is 1. The summed E-state index contributed by atoms with van der Waals surface area (Å²) in [7, 11) is 1.42. The van der Waals surface area contributed by atoms with Gasteiger partial charge in [0.05, 0.1) is 28.6 Å². The minimum Gasteiger partial charge on any atom is -0.503 e. The van der Waals surface area contributed by atoms with E-state index in [0.717, 1.165) is 0 Å². The topological polar surface area (TPSA) is 92.9 Å². The number of aromatic hydroxyl groups is 1. The molecule has 2 aromatic heterocycles. The molecule has 0 bridgehead atoms. The van der Waals surface area contributed by atoms with E-state index in [9.17, 15) is 14.7 Å². The Bertz CT molecular complexity index is 1450. The maximum Gasteiger partial charge on any atom is 0.296 e. The number of benzene rings is 2. The summed E-state index contributed by atoms with van der Waals surface area (Å²) < 4.78 is 11.5. The molecule has 1 N–H and O–H groups in total. The van der Waals surface area contributed by atoms with Crippen LogP contribution in [0.15, 0.2) is 68.4 Å². The minimum absolute atomic E-state index is 0.0661. The number of hydrogen-bond donors (Lipinski definition) is 1. The molecule has 1 aliphatic heterocycles. The molecule has 0 radical (unpaired) electrons. The van der Waals surface area contributed by atoms with Crippen LogP contribution in [-0.4, -0.2) is 23.1 Å². The van der Waals surface area contributed by atoms with Gasteiger partial charge in [0, 0.05) is 11.2 Å². The number of fused-ring (bicyclic) bond motifs is 2. The molecule has 0 spiro atoms. The van der Waals surface area contributed by atoms with Crippen LogP contribution in [0.1, 0.15) is 27.7 Å². The fraction of sp³-hybridized carbons (Fsp3) is 0.0870. The summed E-state index contributed by atoms with van der Waals surface area (Å²) in [6, 6.07) is 12.2. The van der Waals surface area contributed by atoms with Crippen LogP contribution in [0.2, 0.25) is 5.02 Å². The van der Waals surface area contributed by atoms with Gasteiger partial charge in [-0.15, -0.1) is 0 Å². The zero-order valence-corrected chi connectivity index (χ0v) is 18.8. The Morgan fingerprint density at radius 3 is 2.72 bits per heavy atom. The van der Waals surface area contributed by atoms with E-state index in [2.05, 4.69) is 20.9 Å². The van der Waals surface area contributed by atoms with Crippen LogP contribution in [0.25, 0.3) is 11.0 Å². The molecule has 7 nitrogen and oxygen atoms in total. The van der Waals surface area contributed by atoms with E-state index in [0.29, 0.717) is 20.9 Å². The highest BCUT2D eigenvalue weighted by Gasteiger charge is 2.44. The molecule has 0 saturated heterocycles. The largest absolute Gasteiger partial charge is 0.503 e. The molecule has 1 amide bonds. The van der Waals surface area contributed by atoms with Gasteiger partial charge in [-0.3, -0.25) is 14.5 Å². The molecule has 1 atom stereocenters. The van der Waals surface area contributed by atoms with Crippen molar-refractivity contribution in [2.75, 3.05) is 12.0 Å². The second-order valence-electron chi connectivity index (χ2n) is 7.13. The number of ether oxygens (including phenoxy) is 1. The lowest BCUT2D eigenvalue weighted by molar-refractivity contribution is 0.0970. The number of methoxy groups -OCH3 is 1. The predicted octanol–water partition coefficient (Wildman–Crippen LogP) is 5.07. The van der Waals surface area contributed by atoms with Gasteiger partial charge in [-0.2, -0.15) is 0 Å². The molecule has 32 heavy (non-hydrogen) atoms. The zero-order chi connectivity index (χ0) is 22.6. The first-order valence-electron chi connectivity index (χ1n) is 9.48. The average Bonchev–Trinajstić information content (AvgIpc) is 3.09. The van der Waals surface area contributed by atoms with Crippen molar-refractivity contribution in [2.45, 2.75) is 6.04 Å². The molecule has 5 rings (SSSR count). The van der Waals surface area contributed by atoms with Crippen molar-refractivity contribution < 1.29 is 19.1 Å². The Morgan fingerprint density at radius 2 is 2.00 bits per heavy atom. The lowest BCUT2D eigenvalue weighted by atomic mass is 9.98. The molecular weight excluding hydrogens is 500 g/mol. The van der Waals surface area contributed by atoms with E-state index in [-0.39, 0.29) is 39.2 Å². The molecule has 0 fully saturated rings. The third-order valence-electron chi connectivity index (χ3n) is 5.31. The number of aromatic nitrogens is 1. The molecule has 0 saturated carbocycles. The standard InChI is InChI=1S/C23H14BrClN2O5/c1-31-16-9-11(8-14(24)21(16)29)19-18-20(28)13-10-12(25)5-6-15(13)32-22(18)23(30)27(19)17-4-2-3-7-26-17/h2-10,19,29H,1H3/t19-/m1/s1. The van der Waals surface area contributed by atoms with E-state index >= 15 is 0 Å². The summed E-state index contributed by atoms with van der Waals surface area (Å²) >= 11 is 9.42. The molecule has 0 aliphatic carbocycles. The normalized spacial score (nSPS) is 15.3. The van der Waals surface area contributed by atoms with E-state index in [1.165, 1.54) is 18.1 Å². The van der Waals surface area contributed by atoms with E-state index in [1.54, 1.807) is 48.7 Å². The number of phenolic OH excluding ortho intramolecular Hbond substituents is 1. The van der Waals surface area contributed by atoms with Crippen molar-refractivity contribution in [3.8, 4) is 11.5 Å². The summed E-state index contributed by atoms with van der Waals surface area (Å²) in [6.07, 6.45) is 1.56. The molecule has 4 aromatic rings. The predicted molar refractivity (Wildman–Crippen MR) is 123 cm³/mol. The Morgan fingerprint density at radius 1 is 1.19 bits per heavy atom. The Kier molecular flexibility index (Phi) is 4.91. The van der Waals surface area contributed by atoms with Gasteiger partial charge in [0.25, 0.3) is 5.91 Å². The highest BCUT2D eigenvalue weighted by Crippen LogP contribution is 2.44. The Balaban J connectivity index is 1.85. The lowest BCUT2D eigenvalue weighted by Crippen LogP contribution is -2.30. The highest BCUT2D eigenvalue weighted by molar-refractivity contribution is 9.10. The number of anilines is 1. The van der Waals surface area contributed by atoms with E-state index in [1.807, 2.05) is 0 Å². The quantitative estimate of drug-likeness (QED) is 0.411. The van der Waals surface area contributed by atoms with Crippen LogP contribution < -0.4 is 15.1 Å². The second kappa shape index (κ2) is 7.65. The Labute approximate surface area is 195 Å². The lowest BCUT2D eigenvalue weighted by Gasteiger charge is -2.24. The van der Waals surface area contributed by atoms with E-state index < -0.39 is 11.9 Å². The smallest absolute Gasteiger partial charge is 0.296 e. The number of halogens is 2. The second-order valence-corrected chi connectivity index (χ2v) is 8.42. The van der Waals surface area contributed by atoms with Gasteiger partial charge in [-0.1, -0.05) is 17.7 Å². The maximum absolute atomic E-state index is 13.6. The van der Waals surface area contributed by atoms with Gasteiger partial charge in [0.15, 0.2) is 16.9 Å². The van der Waals surface area contributed by atoms with Crippen LogP contribution in [0.4, 0.5) is 5.82 Å². The number of nitrogens with zero attached hydrogens (tertiary/aromatic N) is 2. The molecule has 3 heterocycles. The molecule has 1 aliphatic rings. The molecule has 9 heteroatoms. The van der Waals surface area contributed by atoms with Crippen LogP contribution in [0, 0.1) is 0 Å². The van der Waals surface area contributed by atoms with Gasteiger partial charge in [0.2, 0.25) is 5.76 Å². The monoisotopic (exact) mass is 512 g/mol. The third-order valence-corrected chi connectivity index (χ3v) is 6.15. The van der Waals surface area contributed by atoms with Crippen LogP contribution in [0.3, 0.4) is 0 Å². The first-order valence-corrected chi connectivity index (χ1v) is 10.6. The number of phenols is 1. The van der Waals surface area contributed by atoms with Crippen molar-refractivity contribution in [1.82, 2.24) is 4.98 Å². The third kappa shape index (κ3) is 3.06. The first kappa shape index (κ1) is 20.5. The number of carbonyl (C=O) groups is 1. The van der Waals surface area contributed by atoms with Gasteiger partial charge in [0.1, 0.15) is 11.4 Å². The maximum atomic E-state index is 13.6. The van der Waals surface area contributed by atoms with Gasteiger partial charge in [-0.05, 0) is 64.0 Å². The van der Waals surface area contributed by atoms with Gasteiger partial charge >= 0.3 is 0 Å². The number of carbonyl (C=O) groups excluding carboxylic acids is 1. The first-order chi connectivity index (χ1) is 15.4. The summed E-state index contributed by atoms with van der Waals surface area (Å²) in [6.45, 7) is 0. The summed E-state index contributed by atoms with van der Waals surface area (Å²) in [5, 5.41) is 10.9. The van der Waals surface area contributed by atoms with Crippen LogP contribution in [0.5, 0.6) is 11.5 Å². The zero-order valence-electron chi connectivity index (χ0n) is 16.5. The van der Waals surface area contributed by atoms with Gasteiger partial charge in [-0.25, -0.2) is 4.98 Å². The van der Waals surface area contributed by atoms with Crippen molar-refractivity contribution in [3.05, 3.63) is 91.3 Å². The fourth-order valence-corrected chi connectivity index (χ4v) is 4.53. The summed E-state index contributed by atoms with van der Waals surface area (Å²) in [5.41, 5.74) is 0.578. The molecule has 2 aromatic carbocycles. The van der Waals surface area contributed by atoms with Crippen LogP contribution >= 0.6 is 27.5 Å². The molecule has 160 valence electrons. The highest BCUT2D eigenvalue weighted by atomic mass is 79.9. The SMILES string of the molecule is COc1cc([C@@H]2c3c(oc4ccc(Cl)cc4c3=O)C(=O)N2c2ccccn2)cc(Br)c1O. The average molecular weight is 514 g/mol. The van der Waals surface area contributed by atoms with Gasteiger partial charge < -0.3 is 14.3 Å². The van der Waals surface area contributed by atoms with Crippen molar-refractivity contribution in [1.29, 1.82) is 0 Å². The van der Waals surface area contributed by atoms with Crippen LogP contribution in [-0.2, 0) is 0 Å². The fourth-order valence-electron chi connectivity index (χ4n) is 3.90. The summed E-state index contributed by atoms with van der Waals surface area (Å²) in [5.74, 6) is -0.130. The molecule has 0 unspecified atom stereocenters. The minimum atomic E-state index is -0.863. The van der Waals surface area contributed by atoms with E-state index in [4.69, 9.17) is 20.8 Å². The van der Waals surface area contributed by atoms with Crippen molar-refractivity contribution >= 4 is 50.2 Å². The number of rotatable bonds is 3.